The van der Waals surface area contributed by atoms with E-state index in [0.29, 0.717) is 15.0 Å². The second-order valence-corrected chi connectivity index (χ2v) is 6.84. The summed E-state index contributed by atoms with van der Waals surface area (Å²) < 4.78 is 0. The minimum Gasteiger partial charge on any atom is -0.388 e. The molecule has 7 heteroatoms. The highest BCUT2D eigenvalue weighted by Crippen LogP contribution is 2.28. The van der Waals surface area contributed by atoms with E-state index in [1.807, 2.05) is 26.0 Å². The lowest BCUT2D eigenvalue weighted by molar-refractivity contribution is -0.118. The molecule has 2 N–H and O–H groups in total. The summed E-state index contributed by atoms with van der Waals surface area (Å²) in [5.41, 5.74) is 0.866. The van der Waals surface area contributed by atoms with E-state index in [9.17, 15) is 9.59 Å². The van der Waals surface area contributed by atoms with Gasteiger partial charge in [0.15, 0.2) is 10.9 Å². The molecule has 1 heterocycles. The van der Waals surface area contributed by atoms with Gasteiger partial charge in [-0.2, -0.15) is 0 Å². The number of thiazole rings is 1. The Hall–Kier alpha value is -1.76. The molecule has 0 spiro atoms. The van der Waals surface area contributed by atoms with Crippen LogP contribution in [0.4, 0.5) is 5.13 Å². The van der Waals surface area contributed by atoms with Crippen molar-refractivity contribution in [2.24, 2.45) is 5.92 Å². The van der Waals surface area contributed by atoms with Crippen molar-refractivity contribution in [3.8, 4) is 0 Å². The average molecular weight is 353 g/mol. The SMILES string of the molecule is CC(C)C(C(=O)Nc1ncc(C(=O)CO)s1)c1ccc(Cl)cc1. The van der Waals surface area contributed by atoms with Crippen LogP contribution in [0.15, 0.2) is 30.5 Å². The highest BCUT2D eigenvalue weighted by atomic mass is 35.5. The molecule has 2 aromatic rings. The molecule has 0 aliphatic heterocycles. The van der Waals surface area contributed by atoms with Gasteiger partial charge < -0.3 is 10.4 Å². The zero-order chi connectivity index (χ0) is 17.0. The molecule has 0 saturated carbocycles. The molecule has 0 radical (unpaired) electrons. The topological polar surface area (TPSA) is 79.3 Å². The van der Waals surface area contributed by atoms with Crippen molar-refractivity contribution in [1.82, 2.24) is 4.98 Å². The van der Waals surface area contributed by atoms with Crippen LogP contribution in [0.1, 0.15) is 35.0 Å². The molecule has 0 aliphatic carbocycles. The van der Waals surface area contributed by atoms with Crippen LogP contribution in [0.5, 0.6) is 0 Å². The fraction of sp³-hybridized carbons (Fsp3) is 0.312. The van der Waals surface area contributed by atoms with E-state index >= 15 is 0 Å². The number of anilines is 1. The molecular formula is C16H17ClN2O3S. The lowest BCUT2D eigenvalue weighted by atomic mass is 9.88. The maximum absolute atomic E-state index is 12.6. The van der Waals surface area contributed by atoms with Crippen LogP contribution in [-0.2, 0) is 4.79 Å². The number of nitrogens with zero attached hydrogens (tertiary/aromatic N) is 1. The second kappa shape index (κ2) is 7.68. The summed E-state index contributed by atoms with van der Waals surface area (Å²) in [7, 11) is 0. The lowest BCUT2D eigenvalue weighted by Crippen LogP contribution is -2.25. The van der Waals surface area contributed by atoms with Crippen molar-refractivity contribution >= 4 is 39.8 Å². The molecule has 0 aliphatic rings. The molecule has 0 fully saturated rings. The summed E-state index contributed by atoms with van der Waals surface area (Å²) in [6.07, 6.45) is 1.35. The van der Waals surface area contributed by atoms with Gasteiger partial charge >= 0.3 is 0 Å². The lowest BCUT2D eigenvalue weighted by Gasteiger charge is -2.20. The summed E-state index contributed by atoms with van der Waals surface area (Å²) >= 11 is 6.94. The number of ketones is 1. The maximum atomic E-state index is 12.6. The number of amides is 1. The van der Waals surface area contributed by atoms with Crippen molar-refractivity contribution < 1.29 is 14.7 Å². The number of carbonyl (C=O) groups is 2. The van der Waals surface area contributed by atoms with Crippen LogP contribution in [0.3, 0.4) is 0 Å². The number of rotatable bonds is 6. The van der Waals surface area contributed by atoms with Gasteiger partial charge in [-0.3, -0.25) is 9.59 Å². The molecule has 0 bridgehead atoms. The Morgan fingerprint density at radius 3 is 2.52 bits per heavy atom. The molecule has 1 aromatic heterocycles. The summed E-state index contributed by atoms with van der Waals surface area (Å²) in [4.78, 5) is 28.3. The number of aromatic nitrogens is 1. The van der Waals surface area contributed by atoms with Crippen LogP contribution in [0.25, 0.3) is 0 Å². The van der Waals surface area contributed by atoms with Gasteiger partial charge in [-0.15, -0.1) is 0 Å². The van der Waals surface area contributed by atoms with Crippen LogP contribution in [0, 0.1) is 5.92 Å². The van der Waals surface area contributed by atoms with E-state index in [1.54, 1.807) is 12.1 Å². The van der Waals surface area contributed by atoms with Gasteiger partial charge in [0.25, 0.3) is 0 Å². The number of aliphatic hydroxyl groups is 1. The molecule has 1 amide bonds. The van der Waals surface area contributed by atoms with E-state index in [2.05, 4.69) is 10.3 Å². The van der Waals surface area contributed by atoms with Gasteiger partial charge in [0.2, 0.25) is 5.91 Å². The van der Waals surface area contributed by atoms with Gasteiger partial charge in [0.05, 0.1) is 17.0 Å². The first-order chi connectivity index (χ1) is 10.9. The fourth-order valence-corrected chi connectivity index (χ4v) is 3.11. The third-order valence-electron chi connectivity index (χ3n) is 3.33. The molecule has 2 rings (SSSR count). The van der Waals surface area contributed by atoms with Gasteiger partial charge in [-0.05, 0) is 23.6 Å². The fourth-order valence-electron chi connectivity index (χ4n) is 2.23. The Labute approximate surface area is 143 Å². The minimum absolute atomic E-state index is 0.0784. The molecule has 5 nitrogen and oxygen atoms in total. The highest BCUT2D eigenvalue weighted by Gasteiger charge is 2.25. The Morgan fingerprint density at radius 2 is 1.96 bits per heavy atom. The molecule has 1 unspecified atom stereocenters. The van der Waals surface area contributed by atoms with Crippen molar-refractivity contribution in [3.05, 3.63) is 45.9 Å². The van der Waals surface area contributed by atoms with Crippen molar-refractivity contribution in [3.63, 3.8) is 0 Å². The first-order valence-corrected chi connectivity index (χ1v) is 8.28. The molecule has 1 aromatic carbocycles. The average Bonchev–Trinajstić information content (AvgIpc) is 2.96. The van der Waals surface area contributed by atoms with Crippen molar-refractivity contribution in [1.29, 1.82) is 0 Å². The summed E-state index contributed by atoms with van der Waals surface area (Å²) in [6, 6.07) is 7.16. The Balaban J connectivity index is 2.17. The number of hydrogen-bond donors (Lipinski definition) is 2. The van der Waals surface area contributed by atoms with E-state index in [4.69, 9.17) is 16.7 Å². The van der Waals surface area contributed by atoms with Gasteiger partial charge in [0.1, 0.15) is 6.61 Å². The van der Waals surface area contributed by atoms with Gasteiger partial charge in [-0.25, -0.2) is 4.98 Å². The zero-order valence-electron chi connectivity index (χ0n) is 12.7. The summed E-state index contributed by atoms with van der Waals surface area (Å²) in [6.45, 7) is 3.35. The number of Topliss-reactive ketones (excluding diaryl/α,β-unsaturated/α-hetero) is 1. The number of benzene rings is 1. The van der Waals surface area contributed by atoms with E-state index in [0.717, 1.165) is 16.9 Å². The maximum Gasteiger partial charge on any atom is 0.233 e. The predicted octanol–water partition coefficient (Wildman–Crippen LogP) is 3.35. The molecule has 1 atom stereocenters. The Kier molecular flexibility index (Phi) is 5.87. The third kappa shape index (κ3) is 4.37. The monoisotopic (exact) mass is 352 g/mol. The van der Waals surface area contributed by atoms with E-state index in [1.165, 1.54) is 6.20 Å². The number of aliphatic hydroxyl groups excluding tert-OH is 1. The third-order valence-corrected chi connectivity index (χ3v) is 4.54. The quantitative estimate of drug-likeness (QED) is 0.781. The number of halogens is 1. The molecular weight excluding hydrogens is 336 g/mol. The first-order valence-electron chi connectivity index (χ1n) is 7.08. The zero-order valence-corrected chi connectivity index (χ0v) is 14.3. The normalized spacial score (nSPS) is 12.2. The number of carbonyl (C=O) groups excluding carboxylic acids is 2. The van der Waals surface area contributed by atoms with Crippen LogP contribution < -0.4 is 5.32 Å². The van der Waals surface area contributed by atoms with E-state index < -0.39 is 12.4 Å². The van der Waals surface area contributed by atoms with Crippen LogP contribution in [-0.4, -0.2) is 28.4 Å². The number of hydrogen-bond acceptors (Lipinski definition) is 5. The van der Waals surface area contributed by atoms with E-state index in [-0.39, 0.29) is 17.7 Å². The van der Waals surface area contributed by atoms with Crippen molar-refractivity contribution in [2.75, 3.05) is 11.9 Å². The van der Waals surface area contributed by atoms with Gasteiger partial charge in [0, 0.05) is 5.02 Å². The first kappa shape index (κ1) is 17.6. The summed E-state index contributed by atoms with van der Waals surface area (Å²) in [5, 5.41) is 12.5. The largest absolute Gasteiger partial charge is 0.388 e. The number of nitrogens with one attached hydrogen (secondary N) is 1. The standard InChI is InChI=1S/C16H17ClN2O3S/c1-9(2)14(10-3-5-11(17)6-4-10)15(22)19-16-18-7-13(23-16)12(21)8-20/h3-7,9,14,20H,8H2,1-2H3,(H,18,19,22). The molecule has 23 heavy (non-hydrogen) atoms. The molecule has 122 valence electrons. The Bertz CT molecular complexity index is 698. The highest BCUT2D eigenvalue weighted by molar-refractivity contribution is 7.17. The predicted molar refractivity (Wildman–Crippen MR) is 91.2 cm³/mol. The van der Waals surface area contributed by atoms with Crippen molar-refractivity contribution in [2.45, 2.75) is 19.8 Å². The summed E-state index contributed by atoms with van der Waals surface area (Å²) in [5.74, 6) is -0.886. The second-order valence-electron chi connectivity index (χ2n) is 5.37. The van der Waals surface area contributed by atoms with Gasteiger partial charge in [-0.1, -0.05) is 48.9 Å². The van der Waals surface area contributed by atoms with Crippen LogP contribution >= 0.6 is 22.9 Å². The Morgan fingerprint density at radius 1 is 1.30 bits per heavy atom. The minimum atomic E-state index is -0.574. The van der Waals surface area contributed by atoms with Crippen LogP contribution in [0.2, 0.25) is 5.02 Å². The smallest absolute Gasteiger partial charge is 0.233 e. The molecule has 0 saturated heterocycles.